The van der Waals surface area contributed by atoms with E-state index in [4.69, 9.17) is 0 Å². The second-order valence-corrected chi connectivity index (χ2v) is 2.44. The van der Waals surface area contributed by atoms with E-state index in [2.05, 4.69) is 24.8 Å². The molecule has 0 radical (unpaired) electrons. The Labute approximate surface area is 67.0 Å². The molecule has 0 bridgehead atoms. The van der Waals surface area contributed by atoms with Gasteiger partial charge >= 0.3 is 0 Å². The van der Waals surface area contributed by atoms with Crippen molar-refractivity contribution in [2.75, 3.05) is 0 Å². The Kier molecular flexibility index (Phi) is 2.57. The topological polar surface area (TPSA) is 0 Å². The minimum Gasteiger partial charge on any atom is -0.151 e. The number of allylic oxidation sites excluding steroid dienone is 1. The fraction of sp³-hybridized carbons (Fsp3) is 0.111. The van der Waals surface area contributed by atoms with Crippen molar-refractivity contribution in [2.45, 2.75) is 6.92 Å². The van der Waals surface area contributed by atoms with Crippen molar-refractivity contribution in [3.8, 4) is 0 Å². The predicted octanol–water partition coefficient (Wildman–Crippen LogP) is 2.98. The van der Waals surface area contributed by atoms with Gasteiger partial charge in [0.2, 0.25) is 0 Å². The van der Waals surface area contributed by atoms with E-state index in [0.29, 0.717) is 0 Å². The summed E-state index contributed by atoms with van der Waals surface area (Å²) in [7, 11) is 0. The van der Waals surface area contributed by atoms with Gasteiger partial charge in [-0.05, 0) is 23.5 Å². The van der Waals surface area contributed by atoms with Crippen LogP contribution in [0.1, 0.15) is 12.5 Å². The molecule has 0 unspecified atom stereocenters. The van der Waals surface area contributed by atoms with Crippen LogP contribution in [0.4, 0.5) is 0 Å². The molecule has 0 N–H and O–H groups in total. The van der Waals surface area contributed by atoms with E-state index in [-0.39, 0.29) is 0 Å². The van der Waals surface area contributed by atoms with Gasteiger partial charge in [0.05, 0.1) is 0 Å². The van der Waals surface area contributed by atoms with E-state index < -0.39 is 0 Å². The summed E-state index contributed by atoms with van der Waals surface area (Å²) in [5.74, 6) is 0. The van der Waals surface area contributed by atoms with Crippen LogP contribution in [0.25, 0.3) is 5.57 Å². The second kappa shape index (κ2) is 3.47. The lowest BCUT2D eigenvalue weighted by molar-refractivity contribution is 1.58. The Morgan fingerprint density at radius 3 is 2.40 bits per heavy atom. The summed E-state index contributed by atoms with van der Waals surface area (Å²) in [6.45, 7) is 2.04. The van der Waals surface area contributed by atoms with Gasteiger partial charge in [-0.25, -0.2) is 0 Å². The molecular weight excluding hydrogens is 140 g/mol. The van der Waals surface area contributed by atoms with Crippen molar-refractivity contribution in [2.24, 2.45) is 0 Å². The highest BCUT2D eigenvalue weighted by molar-refractivity contribution is 7.83. The van der Waals surface area contributed by atoms with Crippen LogP contribution in [-0.2, 0) is 0 Å². The predicted molar refractivity (Wildman–Crippen MR) is 49.1 cm³/mol. The lowest BCUT2D eigenvalue weighted by Crippen LogP contribution is -1.74. The van der Waals surface area contributed by atoms with Gasteiger partial charge in [-0.1, -0.05) is 30.3 Å². The van der Waals surface area contributed by atoms with Crippen LogP contribution in [0.5, 0.6) is 0 Å². The smallest absolute Gasteiger partial charge is 0.0222 e. The van der Waals surface area contributed by atoms with E-state index in [1.165, 1.54) is 11.1 Å². The standard InChI is InChI=1S/C9H10S/c1-8(7-10)9-5-3-2-4-6-9/h2-7,10H,1H3/b8-7-. The van der Waals surface area contributed by atoms with Crippen molar-refractivity contribution in [3.63, 3.8) is 0 Å². The molecule has 1 aromatic rings. The minimum absolute atomic E-state index is 1.20. The van der Waals surface area contributed by atoms with Crippen LogP contribution in [0, 0.1) is 0 Å². The zero-order valence-corrected chi connectivity index (χ0v) is 6.81. The molecule has 0 aliphatic rings. The van der Waals surface area contributed by atoms with E-state index in [9.17, 15) is 0 Å². The minimum atomic E-state index is 1.20. The van der Waals surface area contributed by atoms with Gasteiger partial charge in [0.25, 0.3) is 0 Å². The summed E-state index contributed by atoms with van der Waals surface area (Å²) in [5, 5.41) is 1.81. The Hall–Kier alpha value is -0.690. The summed E-state index contributed by atoms with van der Waals surface area (Å²) in [6, 6.07) is 10.2. The maximum Gasteiger partial charge on any atom is -0.0222 e. The molecule has 52 valence electrons. The fourth-order valence-electron chi connectivity index (χ4n) is 0.776. The van der Waals surface area contributed by atoms with Crippen molar-refractivity contribution in [1.82, 2.24) is 0 Å². The summed E-state index contributed by atoms with van der Waals surface area (Å²) in [5.41, 5.74) is 2.43. The largest absolute Gasteiger partial charge is 0.151 e. The van der Waals surface area contributed by atoms with Crippen molar-refractivity contribution in [1.29, 1.82) is 0 Å². The Bertz CT molecular complexity index is 224. The lowest BCUT2D eigenvalue weighted by Gasteiger charge is -1.96. The summed E-state index contributed by atoms with van der Waals surface area (Å²) < 4.78 is 0. The van der Waals surface area contributed by atoms with Gasteiger partial charge < -0.3 is 0 Å². The van der Waals surface area contributed by atoms with E-state index in [1.807, 2.05) is 30.5 Å². The van der Waals surface area contributed by atoms with E-state index in [0.717, 1.165) is 0 Å². The molecule has 0 nitrogen and oxygen atoms in total. The first-order valence-electron chi connectivity index (χ1n) is 3.21. The highest BCUT2D eigenvalue weighted by atomic mass is 32.1. The van der Waals surface area contributed by atoms with Crippen LogP contribution in [0.2, 0.25) is 0 Å². The normalized spacial score (nSPS) is 11.6. The zero-order chi connectivity index (χ0) is 7.40. The quantitative estimate of drug-likeness (QED) is 0.584. The first-order chi connectivity index (χ1) is 4.84. The summed E-state index contributed by atoms with van der Waals surface area (Å²) >= 11 is 4.06. The summed E-state index contributed by atoms with van der Waals surface area (Å²) in [6.07, 6.45) is 0. The molecule has 0 aliphatic heterocycles. The third kappa shape index (κ3) is 1.64. The number of benzene rings is 1. The maximum absolute atomic E-state index is 4.06. The second-order valence-electron chi connectivity index (χ2n) is 2.18. The molecule has 0 saturated carbocycles. The van der Waals surface area contributed by atoms with Gasteiger partial charge in [-0.15, -0.1) is 0 Å². The Morgan fingerprint density at radius 1 is 1.30 bits per heavy atom. The van der Waals surface area contributed by atoms with Crippen LogP contribution in [0.3, 0.4) is 0 Å². The highest BCUT2D eigenvalue weighted by Crippen LogP contribution is 2.12. The third-order valence-electron chi connectivity index (χ3n) is 1.42. The molecule has 1 heteroatoms. The average Bonchev–Trinajstić information content (AvgIpc) is 2.05. The van der Waals surface area contributed by atoms with Crippen molar-refractivity contribution in [3.05, 3.63) is 41.3 Å². The molecule has 0 amide bonds. The fourth-order valence-corrected chi connectivity index (χ4v) is 0.925. The number of hydrogen-bond donors (Lipinski definition) is 1. The maximum atomic E-state index is 4.06. The van der Waals surface area contributed by atoms with Crippen molar-refractivity contribution < 1.29 is 0 Å². The van der Waals surface area contributed by atoms with Gasteiger partial charge in [-0.3, -0.25) is 0 Å². The van der Waals surface area contributed by atoms with E-state index in [1.54, 1.807) is 0 Å². The molecule has 0 aliphatic carbocycles. The molecule has 0 spiro atoms. The highest BCUT2D eigenvalue weighted by Gasteiger charge is 1.89. The first-order valence-corrected chi connectivity index (χ1v) is 3.72. The Balaban J connectivity index is 2.96. The van der Waals surface area contributed by atoms with Gasteiger partial charge in [0.15, 0.2) is 0 Å². The monoisotopic (exact) mass is 150 g/mol. The number of hydrogen-bond acceptors (Lipinski definition) is 1. The summed E-state index contributed by atoms with van der Waals surface area (Å²) in [4.78, 5) is 0. The first kappa shape index (κ1) is 7.42. The van der Waals surface area contributed by atoms with Gasteiger partial charge in [0.1, 0.15) is 0 Å². The Morgan fingerprint density at radius 2 is 1.90 bits per heavy atom. The van der Waals surface area contributed by atoms with Gasteiger partial charge in [-0.2, -0.15) is 12.6 Å². The third-order valence-corrected chi connectivity index (χ3v) is 1.81. The molecule has 1 aromatic carbocycles. The average molecular weight is 150 g/mol. The SMILES string of the molecule is C/C(=C/S)c1ccccc1. The van der Waals surface area contributed by atoms with Gasteiger partial charge in [0, 0.05) is 0 Å². The van der Waals surface area contributed by atoms with E-state index >= 15 is 0 Å². The molecule has 0 fully saturated rings. The molecule has 0 atom stereocenters. The van der Waals surface area contributed by atoms with Crippen LogP contribution in [-0.4, -0.2) is 0 Å². The molecule has 1 rings (SSSR count). The zero-order valence-electron chi connectivity index (χ0n) is 5.91. The molecule has 0 heterocycles. The van der Waals surface area contributed by atoms with Crippen molar-refractivity contribution >= 4 is 18.2 Å². The molecule has 10 heavy (non-hydrogen) atoms. The molecule has 0 aromatic heterocycles. The number of rotatable bonds is 1. The molecule has 0 saturated heterocycles. The lowest BCUT2D eigenvalue weighted by atomic mass is 10.1. The molecular formula is C9H10S. The van der Waals surface area contributed by atoms with Crippen LogP contribution in [0.15, 0.2) is 35.7 Å². The van der Waals surface area contributed by atoms with Crippen LogP contribution >= 0.6 is 12.6 Å². The number of thiol groups is 1. The van der Waals surface area contributed by atoms with Crippen LogP contribution < -0.4 is 0 Å².